The number of nitrogens with zero attached hydrogens (tertiary/aromatic N) is 4. The monoisotopic (exact) mass is 466 g/mol. The van der Waals surface area contributed by atoms with Crippen molar-refractivity contribution in [3.05, 3.63) is 62.6 Å². The lowest BCUT2D eigenvalue weighted by Gasteiger charge is -2.08. The van der Waals surface area contributed by atoms with Crippen LogP contribution in [-0.2, 0) is 12.6 Å². The van der Waals surface area contributed by atoms with Crippen LogP contribution in [0.1, 0.15) is 27.1 Å². The molecule has 0 fully saturated rings. The minimum atomic E-state index is -4.53. The van der Waals surface area contributed by atoms with E-state index in [4.69, 9.17) is 11.6 Å². The molecule has 0 aliphatic rings. The van der Waals surface area contributed by atoms with Crippen LogP contribution in [0.4, 0.5) is 18.9 Å². The molecule has 1 aromatic carbocycles. The highest BCUT2D eigenvalue weighted by atomic mass is 35.5. The molecule has 3 aromatic rings. The molecule has 0 atom stereocenters. The summed E-state index contributed by atoms with van der Waals surface area (Å²) in [6.07, 6.45) is -1.71. The third-order valence-electron chi connectivity index (χ3n) is 4.18. The lowest BCUT2D eigenvalue weighted by molar-refractivity contribution is -0.137. The molecule has 0 unspecified atom stereocenters. The molecule has 0 saturated carbocycles. The zero-order valence-corrected chi connectivity index (χ0v) is 18.2. The molecule has 154 valence electrons. The van der Waals surface area contributed by atoms with Gasteiger partial charge in [-0.1, -0.05) is 17.7 Å². The van der Waals surface area contributed by atoms with Crippen molar-refractivity contribution in [1.82, 2.24) is 9.36 Å². The smallest absolute Gasteiger partial charge is 0.261 e. The molecular weight excluding hydrogens is 453 g/mol. The first-order chi connectivity index (χ1) is 14.2. The van der Waals surface area contributed by atoms with Crippen molar-refractivity contribution in [1.29, 1.82) is 5.26 Å². The second-order valence-electron chi connectivity index (χ2n) is 6.29. The predicted molar refractivity (Wildman–Crippen MR) is 113 cm³/mol. The molecule has 0 spiro atoms. The van der Waals surface area contributed by atoms with Gasteiger partial charge < -0.3 is 0 Å². The van der Waals surface area contributed by atoms with Crippen molar-refractivity contribution in [3.8, 4) is 6.07 Å². The zero-order valence-electron chi connectivity index (χ0n) is 15.8. The first-order valence-electron chi connectivity index (χ1n) is 8.58. The van der Waals surface area contributed by atoms with Crippen LogP contribution in [0.2, 0.25) is 5.02 Å². The molecule has 0 radical (unpaired) electrons. The molecule has 4 nitrogen and oxygen atoms in total. The van der Waals surface area contributed by atoms with Gasteiger partial charge in [-0.3, -0.25) is 4.99 Å². The van der Waals surface area contributed by atoms with Gasteiger partial charge in [0, 0.05) is 23.7 Å². The normalized spacial score (nSPS) is 11.8. The summed E-state index contributed by atoms with van der Waals surface area (Å²) in [5.41, 5.74) is 2.55. The van der Waals surface area contributed by atoms with Crippen molar-refractivity contribution in [2.75, 3.05) is 0 Å². The number of aliphatic imine (C=N–C) groups is 1. The molecule has 0 aliphatic carbocycles. The van der Waals surface area contributed by atoms with E-state index < -0.39 is 11.7 Å². The number of benzene rings is 1. The highest BCUT2D eigenvalue weighted by molar-refractivity contribution is 7.99. The topological polar surface area (TPSA) is 61.9 Å². The van der Waals surface area contributed by atoms with E-state index >= 15 is 0 Å². The fourth-order valence-corrected chi connectivity index (χ4v) is 4.40. The maximum Gasteiger partial charge on any atom is 0.417 e. The first kappa shape index (κ1) is 22.3. The van der Waals surface area contributed by atoms with E-state index in [0.29, 0.717) is 28.1 Å². The lowest BCUT2D eigenvalue weighted by Crippen LogP contribution is -2.05. The standard InChI is InChI=1S/C20H14ClF3N4S2/c1-11-3-4-14(7-12(11)2)26-6-5-17-15(9-25)18(28-30-17)29-19-16(21)8-13(10-27-19)20(22,23)24/h3-4,6-8,10H,5H2,1-2H3. The Morgan fingerprint density at radius 3 is 2.63 bits per heavy atom. The molecule has 0 bridgehead atoms. The van der Waals surface area contributed by atoms with Gasteiger partial charge in [-0.25, -0.2) is 4.98 Å². The quantitative estimate of drug-likeness (QED) is 0.388. The largest absolute Gasteiger partial charge is 0.417 e. The summed E-state index contributed by atoms with van der Waals surface area (Å²) in [5.74, 6) is 0. The highest BCUT2D eigenvalue weighted by Crippen LogP contribution is 2.38. The summed E-state index contributed by atoms with van der Waals surface area (Å²) < 4.78 is 42.5. The number of aryl methyl sites for hydroxylation is 2. The van der Waals surface area contributed by atoms with Gasteiger partial charge in [0.15, 0.2) is 0 Å². The summed E-state index contributed by atoms with van der Waals surface area (Å²) in [6, 6.07) is 8.79. The van der Waals surface area contributed by atoms with Crippen molar-refractivity contribution in [3.63, 3.8) is 0 Å². The summed E-state index contributed by atoms with van der Waals surface area (Å²) in [4.78, 5) is 8.90. The Kier molecular flexibility index (Phi) is 6.81. The third kappa shape index (κ3) is 5.19. The minimum absolute atomic E-state index is 0.149. The number of hydrogen-bond acceptors (Lipinski definition) is 6. The molecule has 3 rings (SSSR count). The molecule has 2 heterocycles. The molecule has 0 N–H and O–H groups in total. The summed E-state index contributed by atoms with van der Waals surface area (Å²) in [5, 5.41) is 9.89. The average Bonchev–Trinajstić information content (AvgIpc) is 3.07. The number of hydrogen-bond donors (Lipinski definition) is 0. The Labute approximate surface area is 184 Å². The van der Waals surface area contributed by atoms with Crippen LogP contribution in [0, 0.1) is 25.2 Å². The second kappa shape index (κ2) is 9.16. The van der Waals surface area contributed by atoms with Crippen LogP contribution in [0.25, 0.3) is 0 Å². The Bertz CT molecular complexity index is 1150. The highest BCUT2D eigenvalue weighted by Gasteiger charge is 2.31. The van der Waals surface area contributed by atoms with E-state index in [-0.39, 0.29) is 10.0 Å². The summed E-state index contributed by atoms with van der Waals surface area (Å²) >= 11 is 8.05. The fraction of sp³-hybridized carbons (Fsp3) is 0.200. The van der Waals surface area contributed by atoms with Gasteiger partial charge in [0.25, 0.3) is 0 Å². The van der Waals surface area contributed by atoms with Crippen LogP contribution in [0.5, 0.6) is 0 Å². The van der Waals surface area contributed by atoms with Crippen molar-refractivity contribution in [2.24, 2.45) is 4.99 Å². The molecule has 30 heavy (non-hydrogen) atoms. The van der Waals surface area contributed by atoms with Gasteiger partial charge in [0.1, 0.15) is 21.7 Å². The fourth-order valence-electron chi connectivity index (χ4n) is 2.41. The molecule has 10 heteroatoms. The van der Waals surface area contributed by atoms with Gasteiger partial charge >= 0.3 is 6.18 Å². The van der Waals surface area contributed by atoms with E-state index in [1.54, 1.807) is 6.21 Å². The zero-order chi connectivity index (χ0) is 21.9. The SMILES string of the molecule is Cc1ccc(N=CCc2snc(Sc3ncc(C(F)(F)F)cc3Cl)c2C#N)cc1C. The maximum absolute atomic E-state index is 12.8. The van der Waals surface area contributed by atoms with E-state index in [9.17, 15) is 18.4 Å². The molecule has 0 amide bonds. The van der Waals surface area contributed by atoms with Crippen molar-refractivity contribution in [2.45, 2.75) is 36.5 Å². The number of rotatable bonds is 5. The van der Waals surface area contributed by atoms with Crippen LogP contribution in [-0.4, -0.2) is 15.6 Å². The van der Waals surface area contributed by atoms with E-state index in [1.165, 1.54) is 5.56 Å². The van der Waals surface area contributed by atoms with Crippen LogP contribution in [0.15, 0.2) is 45.5 Å². The third-order valence-corrected chi connectivity index (χ3v) is 6.57. The Morgan fingerprint density at radius 1 is 1.23 bits per heavy atom. The summed E-state index contributed by atoms with van der Waals surface area (Å²) in [7, 11) is 0. The van der Waals surface area contributed by atoms with Gasteiger partial charge in [-0.2, -0.15) is 22.8 Å². The maximum atomic E-state index is 12.8. The first-order valence-corrected chi connectivity index (χ1v) is 10.5. The van der Waals surface area contributed by atoms with Gasteiger partial charge in [0.2, 0.25) is 0 Å². The molecule has 0 saturated heterocycles. The Balaban J connectivity index is 1.77. The number of alkyl halides is 3. The minimum Gasteiger partial charge on any atom is -0.261 e. The van der Waals surface area contributed by atoms with Gasteiger partial charge in [-0.05, 0) is 66.5 Å². The van der Waals surface area contributed by atoms with Crippen LogP contribution < -0.4 is 0 Å². The van der Waals surface area contributed by atoms with Crippen LogP contribution in [0.3, 0.4) is 0 Å². The van der Waals surface area contributed by atoms with E-state index in [0.717, 1.165) is 40.6 Å². The number of pyridine rings is 1. The predicted octanol–water partition coefficient (Wildman–Crippen LogP) is 6.80. The number of aromatic nitrogens is 2. The van der Waals surface area contributed by atoms with Crippen molar-refractivity contribution >= 4 is 46.8 Å². The Hall–Kier alpha value is -2.41. The molecular formula is C20H14ClF3N4S2. The van der Waals surface area contributed by atoms with E-state index in [2.05, 4.69) is 20.4 Å². The molecule has 0 aliphatic heterocycles. The lowest BCUT2D eigenvalue weighted by atomic mass is 10.1. The van der Waals surface area contributed by atoms with E-state index in [1.807, 2.05) is 32.0 Å². The number of halogens is 4. The van der Waals surface area contributed by atoms with Crippen molar-refractivity contribution < 1.29 is 13.2 Å². The average molecular weight is 467 g/mol. The van der Waals surface area contributed by atoms with Gasteiger partial charge in [0.05, 0.1) is 16.3 Å². The summed E-state index contributed by atoms with van der Waals surface area (Å²) in [6.45, 7) is 4.03. The second-order valence-corrected chi connectivity index (χ2v) is 8.54. The number of nitriles is 1. The van der Waals surface area contributed by atoms with Gasteiger partial charge in [-0.15, -0.1) is 0 Å². The molecule has 2 aromatic heterocycles. The van der Waals surface area contributed by atoms with Crippen LogP contribution >= 0.6 is 34.9 Å². The Morgan fingerprint density at radius 2 is 2.00 bits per heavy atom.